The minimum absolute atomic E-state index is 0.0205. The number of imide groups is 1. The molecular formula is C44H48F3N7O5. The molecule has 0 saturated carbocycles. The molecule has 0 unspecified atom stereocenters. The van der Waals surface area contributed by atoms with Crippen molar-refractivity contribution in [2.75, 3.05) is 50.2 Å². The van der Waals surface area contributed by atoms with Crippen molar-refractivity contribution in [1.29, 1.82) is 0 Å². The first-order valence-corrected chi connectivity index (χ1v) is 19.9. The first-order valence-electron chi connectivity index (χ1n) is 19.9. The Morgan fingerprint density at radius 3 is 2.32 bits per heavy atom. The number of hydrogen-bond acceptors (Lipinski definition) is 8. The number of aromatic nitrogens is 3. The zero-order valence-electron chi connectivity index (χ0n) is 33.9. The van der Waals surface area contributed by atoms with Crippen LogP contribution in [0.15, 0.2) is 53.5 Å². The van der Waals surface area contributed by atoms with E-state index in [0.717, 1.165) is 72.5 Å². The molecule has 3 amide bonds. The molecule has 5 aromatic rings. The molecule has 310 valence electrons. The standard InChI is InChI=1S/C44H48F3N7O5/c1-25-26(2)42(56)51(3)23-33(25)30-20-36(58-4)34(37(21-30)59-5)24-52-15-13-31-28(7-6-8-29(31)22-52)19-27-11-16-53(17-12-27)35-10-9-32-40(39(35)44(45,46)47)49-50-41(32)54-18-14-38(55)48-43(54)57/h6-10,20-21,23,27H,11-19,22,24H2,1-5H3,(H,49,50)(H,48,55,57). The van der Waals surface area contributed by atoms with Crippen molar-refractivity contribution in [2.45, 2.75) is 65.2 Å². The number of alkyl halides is 3. The largest absolute Gasteiger partial charge is 0.496 e. The number of anilines is 2. The van der Waals surface area contributed by atoms with Crippen LogP contribution < -0.4 is 30.1 Å². The second kappa shape index (κ2) is 15.7. The lowest BCUT2D eigenvalue weighted by molar-refractivity contribution is -0.136. The number of rotatable bonds is 9. The summed E-state index contributed by atoms with van der Waals surface area (Å²) < 4.78 is 57.7. The maximum Gasteiger partial charge on any atom is 0.420 e. The van der Waals surface area contributed by atoms with Crippen LogP contribution in [0.1, 0.15) is 58.2 Å². The Hall–Kier alpha value is -5.83. The fraction of sp³-hybridized carbons (Fsp3) is 0.409. The average Bonchev–Trinajstić information content (AvgIpc) is 3.64. The molecule has 0 atom stereocenters. The molecule has 3 aliphatic heterocycles. The zero-order valence-corrected chi connectivity index (χ0v) is 33.9. The predicted octanol–water partition coefficient (Wildman–Crippen LogP) is 7.05. The summed E-state index contributed by atoms with van der Waals surface area (Å²) in [6, 6.07) is 12.9. The van der Waals surface area contributed by atoms with E-state index in [0.29, 0.717) is 31.1 Å². The fourth-order valence-electron chi connectivity index (χ4n) is 9.13. The number of urea groups is 1. The monoisotopic (exact) mass is 811 g/mol. The lowest BCUT2D eigenvalue weighted by Gasteiger charge is -2.36. The molecule has 0 aliphatic carbocycles. The molecule has 3 aromatic carbocycles. The average molecular weight is 812 g/mol. The molecule has 2 N–H and O–H groups in total. The highest BCUT2D eigenvalue weighted by Crippen LogP contribution is 2.44. The van der Waals surface area contributed by atoms with E-state index in [4.69, 9.17) is 9.47 Å². The van der Waals surface area contributed by atoms with Gasteiger partial charge in [-0.2, -0.15) is 18.3 Å². The predicted molar refractivity (Wildman–Crippen MR) is 219 cm³/mol. The van der Waals surface area contributed by atoms with Gasteiger partial charge in [-0.1, -0.05) is 18.2 Å². The van der Waals surface area contributed by atoms with Crippen LogP contribution in [0.5, 0.6) is 11.5 Å². The van der Waals surface area contributed by atoms with Gasteiger partial charge in [0.25, 0.3) is 5.56 Å². The van der Waals surface area contributed by atoms with E-state index >= 15 is 0 Å². The van der Waals surface area contributed by atoms with Crippen molar-refractivity contribution in [1.82, 2.24) is 25.0 Å². The van der Waals surface area contributed by atoms with Gasteiger partial charge in [0.05, 0.1) is 31.0 Å². The van der Waals surface area contributed by atoms with E-state index in [1.165, 1.54) is 27.7 Å². The fourth-order valence-corrected chi connectivity index (χ4v) is 9.13. The molecule has 8 rings (SSSR count). The molecular weight excluding hydrogens is 764 g/mol. The number of hydrogen-bond donors (Lipinski definition) is 2. The van der Waals surface area contributed by atoms with E-state index in [-0.39, 0.29) is 40.9 Å². The minimum atomic E-state index is -4.67. The van der Waals surface area contributed by atoms with Gasteiger partial charge in [-0.3, -0.25) is 29.8 Å². The third-order valence-corrected chi connectivity index (χ3v) is 12.4. The number of nitrogens with zero attached hydrogens (tertiary/aromatic N) is 5. The number of amides is 3. The lowest BCUT2D eigenvalue weighted by Crippen LogP contribution is -2.49. The Balaban J connectivity index is 0.955. The Labute approximate surface area is 339 Å². The van der Waals surface area contributed by atoms with Gasteiger partial charge in [0, 0.05) is 75.4 Å². The molecule has 0 bridgehead atoms. The number of ether oxygens (including phenoxy) is 2. The van der Waals surface area contributed by atoms with Gasteiger partial charge >= 0.3 is 12.2 Å². The van der Waals surface area contributed by atoms with Crippen LogP contribution in [0, 0.1) is 19.8 Å². The summed E-state index contributed by atoms with van der Waals surface area (Å²) in [5, 5.41) is 9.03. The first kappa shape index (κ1) is 40.0. The lowest BCUT2D eigenvalue weighted by atomic mass is 9.85. The van der Waals surface area contributed by atoms with Crippen molar-refractivity contribution >= 4 is 34.3 Å². The third kappa shape index (κ3) is 7.52. The summed E-state index contributed by atoms with van der Waals surface area (Å²) in [5.74, 6) is 1.39. The van der Waals surface area contributed by atoms with E-state index in [1.807, 2.05) is 37.1 Å². The van der Waals surface area contributed by atoms with E-state index < -0.39 is 23.7 Å². The van der Waals surface area contributed by atoms with Gasteiger partial charge in [-0.25, -0.2) is 4.79 Å². The number of methoxy groups -OCH3 is 2. The normalized spacial score (nSPS) is 16.7. The summed E-state index contributed by atoms with van der Waals surface area (Å²) in [6.07, 6.45) is 0.444. The number of halogens is 3. The van der Waals surface area contributed by atoms with Crippen LogP contribution in [-0.2, 0) is 43.9 Å². The van der Waals surface area contributed by atoms with Gasteiger partial charge < -0.3 is 18.9 Å². The van der Waals surface area contributed by atoms with Crippen molar-refractivity contribution < 1.29 is 32.2 Å². The topological polar surface area (TPSA) is 125 Å². The van der Waals surface area contributed by atoms with E-state index in [2.05, 4.69) is 38.6 Å². The van der Waals surface area contributed by atoms with Crippen molar-refractivity contribution in [2.24, 2.45) is 13.0 Å². The quantitative estimate of drug-likeness (QED) is 0.163. The highest BCUT2D eigenvalue weighted by atomic mass is 19.4. The molecule has 0 radical (unpaired) electrons. The molecule has 5 heterocycles. The van der Waals surface area contributed by atoms with Gasteiger partial charge in [0.15, 0.2) is 5.82 Å². The summed E-state index contributed by atoms with van der Waals surface area (Å²) in [4.78, 5) is 42.1. The van der Waals surface area contributed by atoms with Gasteiger partial charge in [0.1, 0.15) is 17.1 Å². The molecule has 3 aliphatic rings. The number of piperidine rings is 1. The molecule has 12 nitrogen and oxygen atoms in total. The number of nitrogens with one attached hydrogen (secondary N) is 2. The number of fused-ring (bicyclic) bond motifs is 2. The van der Waals surface area contributed by atoms with Gasteiger partial charge in [-0.15, -0.1) is 0 Å². The van der Waals surface area contributed by atoms with Crippen LogP contribution in [0.4, 0.5) is 29.5 Å². The minimum Gasteiger partial charge on any atom is -0.496 e. The molecule has 15 heteroatoms. The summed E-state index contributed by atoms with van der Waals surface area (Å²) in [7, 11) is 5.08. The Kier molecular flexibility index (Phi) is 10.7. The second-order valence-corrected chi connectivity index (χ2v) is 15.9. The number of benzene rings is 3. The van der Waals surface area contributed by atoms with Gasteiger partial charge in [-0.05, 0) is 97.5 Å². The summed E-state index contributed by atoms with van der Waals surface area (Å²) in [5.41, 5.74) is 7.45. The molecule has 2 fully saturated rings. The summed E-state index contributed by atoms with van der Waals surface area (Å²) in [6.45, 7) is 7.01. The van der Waals surface area contributed by atoms with E-state index in [9.17, 15) is 27.6 Å². The number of H-pyrrole nitrogens is 1. The highest BCUT2D eigenvalue weighted by Gasteiger charge is 2.40. The second-order valence-electron chi connectivity index (χ2n) is 15.9. The molecule has 2 saturated heterocycles. The number of carbonyl (C=O) groups excluding carboxylic acids is 2. The van der Waals surface area contributed by atoms with E-state index in [1.54, 1.807) is 31.9 Å². The van der Waals surface area contributed by atoms with Crippen LogP contribution in [0.3, 0.4) is 0 Å². The van der Waals surface area contributed by atoms with Crippen molar-refractivity contribution in [3.05, 3.63) is 98.0 Å². The maximum absolute atomic E-state index is 14.8. The Morgan fingerprint density at radius 1 is 0.915 bits per heavy atom. The molecule has 59 heavy (non-hydrogen) atoms. The van der Waals surface area contributed by atoms with Crippen LogP contribution in [0.25, 0.3) is 22.0 Å². The third-order valence-electron chi connectivity index (χ3n) is 12.4. The molecule has 0 spiro atoms. The maximum atomic E-state index is 14.8. The highest BCUT2D eigenvalue weighted by molar-refractivity contribution is 6.09. The number of aromatic amines is 1. The first-order chi connectivity index (χ1) is 28.2. The number of carbonyl (C=O) groups is 2. The SMILES string of the molecule is COc1cc(-c2cn(C)c(=O)c(C)c2C)cc(OC)c1CN1CCc2c(CC3CCN(c4ccc5c(N6CCC(=O)NC6=O)n[nH]c5c4C(F)(F)F)CC3)cccc2C1. The van der Waals surface area contributed by atoms with Crippen LogP contribution in [0.2, 0.25) is 0 Å². The Bertz CT molecular complexity index is 2500. The molecule has 2 aromatic heterocycles. The van der Waals surface area contributed by atoms with Crippen molar-refractivity contribution in [3.63, 3.8) is 0 Å². The summed E-state index contributed by atoms with van der Waals surface area (Å²) >= 11 is 0. The Morgan fingerprint density at radius 2 is 1.64 bits per heavy atom. The smallest absolute Gasteiger partial charge is 0.420 e. The number of aryl methyl sites for hydroxylation is 1. The van der Waals surface area contributed by atoms with Crippen LogP contribution in [-0.4, -0.2) is 72.0 Å². The van der Waals surface area contributed by atoms with Gasteiger partial charge in [0.2, 0.25) is 5.91 Å². The zero-order chi connectivity index (χ0) is 41.7. The number of pyridine rings is 1. The van der Waals surface area contributed by atoms with Crippen molar-refractivity contribution in [3.8, 4) is 22.6 Å². The van der Waals surface area contributed by atoms with Crippen LogP contribution >= 0.6 is 0 Å².